The molecule has 0 aromatic heterocycles. The van der Waals surface area contributed by atoms with Crippen molar-refractivity contribution < 1.29 is 43.2 Å². The first-order valence-electron chi connectivity index (χ1n) is 10.5. The molecule has 5 amide bonds. The highest BCUT2D eigenvalue weighted by molar-refractivity contribution is 6.02. The van der Waals surface area contributed by atoms with Gasteiger partial charge < -0.3 is 14.6 Å². The maximum absolute atomic E-state index is 12.5. The van der Waals surface area contributed by atoms with Crippen LogP contribution in [-0.2, 0) is 43.2 Å². The van der Waals surface area contributed by atoms with Crippen molar-refractivity contribution in [3.05, 3.63) is 0 Å². The monoisotopic (exact) mass is 451 g/mol. The molecule has 0 aromatic carbocycles. The van der Waals surface area contributed by atoms with E-state index in [1.165, 1.54) is 0 Å². The zero-order valence-corrected chi connectivity index (χ0v) is 17.8. The second-order valence-corrected chi connectivity index (χ2v) is 8.18. The van der Waals surface area contributed by atoms with Crippen molar-refractivity contribution in [3.8, 4) is 0 Å². The molecule has 3 aliphatic rings. The predicted molar refractivity (Wildman–Crippen MR) is 102 cm³/mol. The standard InChI is InChI=1S/C20H25N3O9/c1-2-13(24)21-9-7-20(8-10-21,11-18(29)31-22-14(25)3-4-15(22)26)12-19(30)32-23-16(27)5-6-17(23)28/h2-12H2,1H3. The van der Waals surface area contributed by atoms with Gasteiger partial charge in [-0.2, -0.15) is 0 Å². The Labute approximate surface area is 183 Å². The molecule has 0 spiro atoms. The smallest absolute Gasteiger partial charge is 0.333 e. The lowest BCUT2D eigenvalue weighted by molar-refractivity contribution is -0.203. The molecule has 12 heteroatoms. The van der Waals surface area contributed by atoms with Crippen molar-refractivity contribution in [3.63, 3.8) is 0 Å². The molecule has 3 saturated heterocycles. The second kappa shape index (κ2) is 9.45. The lowest BCUT2D eigenvalue weighted by atomic mass is 9.73. The van der Waals surface area contributed by atoms with E-state index in [0.29, 0.717) is 16.5 Å². The largest absolute Gasteiger partial charge is 0.343 e. The molecule has 0 unspecified atom stereocenters. The average Bonchev–Trinajstić information content (AvgIpc) is 3.23. The Morgan fingerprint density at radius 1 is 0.750 bits per heavy atom. The van der Waals surface area contributed by atoms with Gasteiger partial charge in [-0.15, -0.1) is 10.1 Å². The Kier molecular flexibility index (Phi) is 6.90. The molecule has 0 bridgehead atoms. The molecule has 0 atom stereocenters. The van der Waals surface area contributed by atoms with Crippen molar-refractivity contribution in [2.75, 3.05) is 13.1 Å². The van der Waals surface area contributed by atoms with Crippen molar-refractivity contribution in [1.29, 1.82) is 0 Å². The van der Waals surface area contributed by atoms with Crippen LogP contribution in [0.4, 0.5) is 0 Å². The Morgan fingerprint density at radius 2 is 1.12 bits per heavy atom. The van der Waals surface area contributed by atoms with E-state index in [-0.39, 0.29) is 70.4 Å². The normalized spacial score (nSPS) is 20.7. The molecule has 174 valence electrons. The number of amides is 5. The summed E-state index contributed by atoms with van der Waals surface area (Å²) in [5, 5.41) is 0.872. The SMILES string of the molecule is CCC(=O)N1CCC(CC(=O)ON2C(=O)CCC2=O)(CC(=O)ON2C(=O)CCC2=O)CC1. The van der Waals surface area contributed by atoms with Crippen LogP contribution in [0.3, 0.4) is 0 Å². The zero-order chi connectivity index (χ0) is 23.5. The minimum absolute atomic E-state index is 0.0461. The minimum Gasteiger partial charge on any atom is -0.343 e. The fourth-order valence-electron chi connectivity index (χ4n) is 4.07. The fourth-order valence-corrected chi connectivity index (χ4v) is 4.07. The number of piperidine rings is 1. The topological polar surface area (TPSA) is 148 Å². The molecule has 0 aliphatic carbocycles. The van der Waals surface area contributed by atoms with Crippen LogP contribution in [0.15, 0.2) is 0 Å². The summed E-state index contributed by atoms with van der Waals surface area (Å²) < 4.78 is 0. The zero-order valence-electron chi connectivity index (χ0n) is 17.8. The lowest BCUT2D eigenvalue weighted by Gasteiger charge is -2.40. The summed E-state index contributed by atoms with van der Waals surface area (Å²) in [5.74, 6) is -4.28. The molecule has 3 fully saturated rings. The van der Waals surface area contributed by atoms with Crippen LogP contribution in [0.5, 0.6) is 0 Å². The van der Waals surface area contributed by atoms with Crippen LogP contribution in [0, 0.1) is 5.41 Å². The van der Waals surface area contributed by atoms with Gasteiger partial charge in [0.1, 0.15) is 0 Å². The van der Waals surface area contributed by atoms with Gasteiger partial charge in [0, 0.05) is 45.2 Å². The molecule has 3 heterocycles. The summed E-state index contributed by atoms with van der Waals surface area (Å²) in [7, 11) is 0. The van der Waals surface area contributed by atoms with Crippen LogP contribution in [0.2, 0.25) is 0 Å². The quantitative estimate of drug-likeness (QED) is 0.488. The summed E-state index contributed by atoms with van der Waals surface area (Å²) in [6, 6.07) is 0. The third kappa shape index (κ3) is 5.11. The number of likely N-dealkylation sites (tertiary alicyclic amines) is 1. The number of imide groups is 2. The Hall–Kier alpha value is -3.31. The van der Waals surface area contributed by atoms with Crippen LogP contribution < -0.4 is 0 Å². The van der Waals surface area contributed by atoms with Crippen LogP contribution in [0.1, 0.15) is 64.7 Å². The fraction of sp³-hybridized carbons (Fsp3) is 0.650. The Bertz CT molecular complexity index is 774. The molecule has 0 N–H and O–H groups in total. The lowest BCUT2D eigenvalue weighted by Crippen LogP contribution is -2.46. The van der Waals surface area contributed by atoms with Crippen molar-refractivity contribution in [1.82, 2.24) is 15.0 Å². The minimum atomic E-state index is -0.990. The number of carbonyl (C=O) groups excluding carboxylic acids is 7. The summed E-state index contributed by atoms with van der Waals surface area (Å²) in [4.78, 5) is 95.5. The van der Waals surface area contributed by atoms with Gasteiger partial charge in [-0.1, -0.05) is 6.92 Å². The van der Waals surface area contributed by atoms with E-state index in [1.807, 2.05) is 0 Å². The van der Waals surface area contributed by atoms with E-state index in [2.05, 4.69) is 0 Å². The first-order chi connectivity index (χ1) is 15.1. The van der Waals surface area contributed by atoms with Gasteiger partial charge in [0.15, 0.2) is 0 Å². The molecule has 32 heavy (non-hydrogen) atoms. The second-order valence-electron chi connectivity index (χ2n) is 8.18. The molecule has 0 aromatic rings. The van der Waals surface area contributed by atoms with Gasteiger partial charge in [0.2, 0.25) is 5.91 Å². The Morgan fingerprint density at radius 3 is 1.47 bits per heavy atom. The summed E-state index contributed by atoms with van der Waals surface area (Å²) >= 11 is 0. The average molecular weight is 451 g/mol. The summed E-state index contributed by atoms with van der Waals surface area (Å²) in [6.45, 7) is 2.31. The number of rotatable bonds is 7. The van der Waals surface area contributed by atoms with Gasteiger partial charge in [-0.3, -0.25) is 24.0 Å². The number of carbonyl (C=O) groups is 7. The Balaban J connectivity index is 1.69. The highest BCUT2D eigenvalue weighted by Crippen LogP contribution is 2.40. The van der Waals surface area contributed by atoms with E-state index < -0.39 is 41.0 Å². The van der Waals surface area contributed by atoms with Crippen LogP contribution in [0.25, 0.3) is 0 Å². The molecule has 0 saturated carbocycles. The van der Waals surface area contributed by atoms with Crippen molar-refractivity contribution >= 4 is 41.5 Å². The number of hydrogen-bond donors (Lipinski definition) is 0. The van der Waals surface area contributed by atoms with Crippen molar-refractivity contribution in [2.45, 2.75) is 64.7 Å². The summed E-state index contributed by atoms with van der Waals surface area (Å²) in [6.07, 6.45) is 0.0234. The van der Waals surface area contributed by atoms with E-state index in [4.69, 9.17) is 9.68 Å². The van der Waals surface area contributed by atoms with Crippen molar-refractivity contribution in [2.24, 2.45) is 5.41 Å². The van der Waals surface area contributed by atoms with E-state index in [1.54, 1.807) is 11.8 Å². The number of hydroxylamine groups is 4. The molecule has 0 radical (unpaired) electrons. The maximum Gasteiger partial charge on any atom is 0.333 e. The van der Waals surface area contributed by atoms with Gasteiger partial charge in [0.05, 0.1) is 12.8 Å². The highest BCUT2D eigenvalue weighted by Gasteiger charge is 2.43. The first kappa shape index (κ1) is 23.4. The van der Waals surface area contributed by atoms with Gasteiger partial charge in [-0.25, -0.2) is 9.59 Å². The maximum atomic E-state index is 12.5. The molecular weight excluding hydrogens is 426 g/mol. The molecular formula is C20H25N3O9. The third-order valence-electron chi connectivity index (χ3n) is 5.92. The van der Waals surface area contributed by atoms with E-state index in [0.717, 1.165) is 0 Å². The molecule has 12 nitrogen and oxygen atoms in total. The van der Waals surface area contributed by atoms with E-state index >= 15 is 0 Å². The number of nitrogens with zero attached hydrogens (tertiary/aromatic N) is 3. The highest BCUT2D eigenvalue weighted by atomic mass is 16.7. The predicted octanol–water partition coefficient (Wildman–Crippen LogP) is -0.000200. The third-order valence-corrected chi connectivity index (χ3v) is 5.92. The van der Waals surface area contributed by atoms with Crippen LogP contribution >= 0.6 is 0 Å². The molecule has 3 rings (SSSR count). The van der Waals surface area contributed by atoms with Crippen LogP contribution in [-0.4, -0.2) is 69.6 Å². The number of hydrogen-bond acceptors (Lipinski definition) is 9. The first-order valence-corrected chi connectivity index (χ1v) is 10.5. The molecule has 3 aliphatic heterocycles. The summed E-state index contributed by atoms with van der Waals surface area (Å²) in [5.41, 5.74) is -0.990. The van der Waals surface area contributed by atoms with Gasteiger partial charge >= 0.3 is 11.9 Å². The van der Waals surface area contributed by atoms with E-state index in [9.17, 15) is 33.6 Å². The van der Waals surface area contributed by atoms with Gasteiger partial charge in [0.25, 0.3) is 23.6 Å². The van der Waals surface area contributed by atoms with Gasteiger partial charge in [-0.05, 0) is 18.3 Å².